The van der Waals surface area contributed by atoms with E-state index in [1.54, 1.807) is 0 Å². The van der Waals surface area contributed by atoms with Crippen LogP contribution in [0, 0.1) is 0 Å². The molecule has 0 rings (SSSR count). The molecular weight excluding hydrogens is 240 g/mol. The summed E-state index contributed by atoms with van der Waals surface area (Å²) < 4.78 is 16.5. The molecule has 0 saturated heterocycles. The van der Waals surface area contributed by atoms with Gasteiger partial charge in [0.1, 0.15) is 0 Å². The van der Waals surface area contributed by atoms with E-state index in [0.717, 1.165) is 0 Å². The van der Waals surface area contributed by atoms with Crippen molar-refractivity contribution >= 4 is 14.8 Å². The van der Waals surface area contributed by atoms with Crippen LogP contribution >= 0.6 is 0 Å². The van der Waals surface area contributed by atoms with E-state index in [2.05, 4.69) is 5.73 Å². The highest BCUT2D eigenvalue weighted by molar-refractivity contribution is 6.66. The summed E-state index contributed by atoms with van der Waals surface area (Å²) in [7, 11) is -2.92. The Balaban J connectivity index is 5.13. The minimum absolute atomic E-state index is 0.0981. The highest BCUT2D eigenvalue weighted by Gasteiger charge is 2.37. The summed E-state index contributed by atoms with van der Waals surface area (Å²) in [5.74, 6) is -1.02. The van der Waals surface area contributed by atoms with Gasteiger partial charge in [0.2, 0.25) is 0 Å². The van der Waals surface area contributed by atoms with Gasteiger partial charge >= 0.3 is 14.8 Å². The largest absolute Gasteiger partial charge is 0.537 e. The Morgan fingerprint density at radius 1 is 1.18 bits per heavy atom. The third kappa shape index (κ3) is 5.81. The van der Waals surface area contributed by atoms with E-state index in [0.29, 0.717) is 19.8 Å². The summed E-state index contributed by atoms with van der Waals surface area (Å²) in [6, 6.07) is 0. The first-order valence-electron chi connectivity index (χ1n) is 5.60. The summed E-state index contributed by atoms with van der Waals surface area (Å²) in [6.45, 7) is 8.29. The van der Waals surface area contributed by atoms with E-state index in [4.69, 9.17) is 18.4 Å². The topological polar surface area (TPSA) is 65.0 Å². The van der Waals surface area contributed by atoms with Crippen LogP contribution in [0.1, 0.15) is 27.7 Å². The van der Waals surface area contributed by atoms with Gasteiger partial charge in [0.05, 0.1) is 5.57 Å². The van der Waals surface area contributed by atoms with E-state index in [-0.39, 0.29) is 5.57 Å². The first-order chi connectivity index (χ1) is 8.01. The lowest BCUT2D eigenvalue weighted by Crippen LogP contribution is -2.44. The second-order valence-corrected chi connectivity index (χ2v) is 5.48. The van der Waals surface area contributed by atoms with Crippen molar-refractivity contribution in [2.24, 2.45) is 0 Å². The van der Waals surface area contributed by atoms with Gasteiger partial charge in [0, 0.05) is 25.5 Å². The molecule has 0 atom stereocenters. The maximum absolute atomic E-state index is 10.7. The Morgan fingerprint density at radius 2 is 1.59 bits per heavy atom. The predicted molar refractivity (Wildman–Crippen MR) is 65.5 cm³/mol. The Hall–Kier alpha value is -0.913. The number of carboxylic acid groups (broad SMARTS) is 1. The van der Waals surface area contributed by atoms with Crippen molar-refractivity contribution < 1.29 is 23.2 Å². The Kier molecular flexibility index (Phi) is 7.78. The molecule has 0 spiro atoms. The predicted octanol–water partition coefficient (Wildman–Crippen LogP) is 1.76. The van der Waals surface area contributed by atoms with Crippen molar-refractivity contribution in [1.82, 2.24) is 0 Å². The third-order valence-corrected chi connectivity index (χ3v) is 4.39. The molecule has 0 heterocycles. The first-order valence-corrected chi connectivity index (χ1v) is 7.41. The molecule has 0 aliphatic rings. The molecule has 6 heteroatoms. The molecule has 0 radical (unpaired) electrons. The van der Waals surface area contributed by atoms with Gasteiger partial charge in [0.15, 0.2) is 0 Å². The molecule has 0 aromatic carbocycles. The van der Waals surface area contributed by atoms with Crippen molar-refractivity contribution in [2.75, 3.05) is 19.8 Å². The van der Waals surface area contributed by atoms with Crippen LogP contribution in [0.4, 0.5) is 0 Å². The molecular formula is C11H20O5Si. The molecule has 0 aromatic rings. The molecule has 17 heavy (non-hydrogen) atoms. The van der Waals surface area contributed by atoms with Crippen molar-refractivity contribution in [2.45, 2.75) is 27.7 Å². The number of rotatable bonds is 8. The van der Waals surface area contributed by atoms with E-state index in [9.17, 15) is 4.79 Å². The fourth-order valence-corrected chi connectivity index (χ4v) is 3.21. The first kappa shape index (κ1) is 16.1. The lowest BCUT2D eigenvalue weighted by atomic mass is 10.3. The zero-order valence-corrected chi connectivity index (χ0v) is 11.8. The number of aliphatic carboxylic acids is 1. The Labute approximate surface area is 103 Å². The van der Waals surface area contributed by atoms with Gasteiger partial charge in [-0.1, -0.05) is 0 Å². The maximum atomic E-state index is 10.7. The van der Waals surface area contributed by atoms with Crippen LogP contribution in [0.2, 0.25) is 0 Å². The van der Waals surface area contributed by atoms with Crippen molar-refractivity contribution in [3.8, 4) is 0 Å². The molecule has 0 bridgehead atoms. The van der Waals surface area contributed by atoms with E-state index < -0.39 is 14.8 Å². The monoisotopic (exact) mass is 260 g/mol. The zero-order chi connectivity index (χ0) is 13.3. The van der Waals surface area contributed by atoms with Crippen molar-refractivity contribution in [3.05, 3.63) is 17.0 Å². The van der Waals surface area contributed by atoms with Gasteiger partial charge in [-0.05, 0) is 27.7 Å². The average molecular weight is 260 g/mol. The van der Waals surface area contributed by atoms with Crippen LogP contribution in [0.5, 0.6) is 0 Å². The minimum Gasteiger partial charge on any atom is -0.477 e. The van der Waals surface area contributed by atoms with E-state index >= 15 is 0 Å². The van der Waals surface area contributed by atoms with E-state index in [1.165, 1.54) is 12.6 Å². The number of hydrogen-bond acceptors (Lipinski definition) is 4. The van der Waals surface area contributed by atoms with E-state index in [1.807, 2.05) is 20.8 Å². The summed E-state index contributed by atoms with van der Waals surface area (Å²) >= 11 is 0. The van der Waals surface area contributed by atoms with Gasteiger partial charge in [-0.25, -0.2) is 4.79 Å². The van der Waals surface area contributed by atoms with Crippen LogP contribution < -0.4 is 0 Å². The summed E-state index contributed by atoms with van der Waals surface area (Å²) in [5, 5.41) is 8.74. The Bertz CT molecular complexity index is 290. The highest BCUT2D eigenvalue weighted by atomic mass is 28.4. The highest BCUT2D eigenvalue weighted by Crippen LogP contribution is 2.11. The van der Waals surface area contributed by atoms with Crippen molar-refractivity contribution in [3.63, 3.8) is 0 Å². The normalized spacial score (nSPS) is 10.8. The molecule has 0 fully saturated rings. The molecule has 5 nitrogen and oxygen atoms in total. The second-order valence-electron chi connectivity index (χ2n) is 3.12. The summed E-state index contributed by atoms with van der Waals surface area (Å²) in [5.41, 5.74) is 4.25. The zero-order valence-electron chi connectivity index (χ0n) is 10.8. The van der Waals surface area contributed by atoms with Gasteiger partial charge < -0.3 is 18.4 Å². The van der Waals surface area contributed by atoms with Gasteiger partial charge in [0.25, 0.3) is 0 Å². The fraction of sp³-hybridized carbons (Fsp3) is 0.636. The molecule has 0 amide bonds. The second kappa shape index (κ2) is 8.22. The summed E-state index contributed by atoms with van der Waals surface area (Å²) in [4.78, 5) is 10.7. The number of carbonyl (C=O) groups is 1. The standard InChI is InChI=1S/C11H20O5Si/c1-5-14-17(15-6-2,16-7-3)9-8-10(4)11(12)13/h9H,5-7H2,1-4H3,(H,12,13). The fourth-order valence-electron chi connectivity index (χ4n) is 1.11. The molecule has 0 aliphatic heterocycles. The van der Waals surface area contributed by atoms with Gasteiger partial charge in [-0.2, -0.15) is 0 Å². The van der Waals surface area contributed by atoms with Gasteiger partial charge in [-0.3, -0.25) is 0 Å². The lowest BCUT2D eigenvalue weighted by Gasteiger charge is -2.24. The quantitative estimate of drug-likeness (QED) is 0.409. The van der Waals surface area contributed by atoms with Crippen LogP contribution in [-0.2, 0) is 18.1 Å². The van der Waals surface area contributed by atoms with Crippen LogP contribution in [0.3, 0.4) is 0 Å². The minimum atomic E-state index is -2.92. The Morgan fingerprint density at radius 3 is 1.88 bits per heavy atom. The SMILES string of the molecule is CCO[Si](C=C=C(C)C(=O)O)(OCC)OCC. The molecule has 0 aliphatic carbocycles. The smallest absolute Gasteiger partial charge is 0.477 e. The number of carboxylic acids is 1. The third-order valence-electron chi connectivity index (χ3n) is 1.82. The van der Waals surface area contributed by atoms with Crippen LogP contribution in [-0.4, -0.2) is 39.7 Å². The molecule has 0 saturated carbocycles. The maximum Gasteiger partial charge on any atom is 0.537 e. The van der Waals surface area contributed by atoms with Crippen LogP contribution in [0.25, 0.3) is 0 Å². The average Bonchev–Trinajstić information content (AvgIpc) is 2.27. The molecule has 0 unspecified atom stereocenters. The molecule has 98 valence electrons. The summed E-state index contributed by atoms with van der Waals surface area (Å²) in [6.07, 6.45) is 0. The molecule has 1 N–H and O–H groups in total. The molecule has 0 aromatic heterocycles. The number of hydrogen-bond donors (Lipinski definition) is 1. The lowest BCUT2D eigenvalue weighted by molar-refractivity contribution is -0.132. The van der Waals surface area contributed by atoms with Crippen molar-refractivity contribution in [1.29, 1.82) is 0 Å². The van der Waals surface area contributed by atoms with Gasteiger partial charge in [-0.15, -0.1) is 5.73 Å². The van der Waals surface area contributed by atoms with Crippen LogP contribution in [0.15, 0.2) is 17.0 Å².